The summed E-state index contributed by atoms with van der Waals surface area (Å²) < 4.78 is 9.94. The molecule has 0 radical (unpaired) electrons. The highest BCUT2D eigenvalue weighted by molar-refractivity contribution is 5.83. The van der Waals surface area contributed by atoms with Gasteiger partial charge in [0.05, 0.1) is 11.8 Å². The number of hydrogen-bond acceptors (Lipinski definition) is 6. The lowest BCUT2D eigenvalue weighted by molar-refractivity contribution is -0.160. The first-order valence-corrected chi connectivity index (χ1v) is 9.21. The van der Waals surface area contributed by atoms with Crippen LogP contribution >= 0.6 is 0 Å². The second-order valence-corrected chi connectivity index (χ2v) is 7.10. The number of ether oxygens (including phenoxy) is 2. The van der Waals surface area contributed by atoms with E-state index in [0.717, 1.165) is 0 Å². The van der Waals surface area contributed by atoms with Gasteiger partial charge in [-0.1, -0.05) is 24.3 Å². The van der Waals surface area contributed by atoms with Crippen molar-refractivity contribution in [3.05, 3.63) is 59.7 Å². The Labute approximate surface area is 172 Å². The third kappa shape index (κ3) is 4.17. The maximum absolute atomic E-state index is 12.0. The van der Waals surface area contributed by atoms with Gasteiger partial charge >= 0.3 is 23.9 Å². The van der Waals surface area contributed by atoms with Crippen molar-refractivity contribution in [2.24, 2.45) is 11.8 Å². The predicted octanol–water partition coefficient (Wildman–Crippen LogP) is 2.82. The molecule has 1 aliphatic carbocycles. The minimum Gasteiger partial charge on any atom is -0.481 e. The van der Waals surface area contributed by atoms with Crippen LogP contribution in [0.3, 0.4) is 0 Å². The summed E-state index contributed by atoms with van der Waals surface area (Å²) in [5.74, 6) is -5.99. The summed E-state index contributed by atoms with van der Waals surface area (Å²) >= 11 is 0. The fourth-order valence-electron chi connectivity index (χ4n) is 4.04. The number of benzene rings is 2. The number of rotatable bonds is 6. The fourth-order valence-corrected chi connectivity index (χ4v) is 4.04. The lowest BCUT2D eigenvalue weighted by Crippen LogP contribution is -2.50. The second-order valence-electron chi connectivity index (χ2n) is 7.10. The molecule has 0 saturated heterocycles. The summed E-state index contributed by atoms with van der Waals surface area (Å²) in [5.41, 5.74) is 1.08. The van der Waals surface area contributed by atoms with Gasteiger partial charge in [-0.3, -0.25) is 19.2 Å². The van der Waals surface area contributed by atoms with Crippen LogP contribution < -0.4 is 9.47 Å². The van der Waals surface area contributed by atoms with Crippen molar-refractivity contribution in [3.63, 3.8) is 0 Å². The molecule has 2 aromatic rings. The molecule has 1 saturated carbocycles. The van der Waals surface area contributed by atoms with E-state index >= 15 is 0 Å². The lowest BCUT2D eigenvalue weighted by atomic mass is 9.52. The molecule has 0 amide bonds. The van der Waals surface area contributed by atoms with Gasteiger partial charge < -0.3 is 19.7 Å². The number of carbonyl (C=O) groups excluding carboxylic acids is 2. The Hall–Kier alpha value is -3.68. The zero-order valence-electron chi connectivity index (χ0n) is 16.3. The molecule has 3 rings (SSSR count). The number of carboxylic acid groups (broad SMARTS) is 2. The van der Waals surface area contributed by atoms with Crippen LogP contribution in [0.1, 0.15) is 36.8 Å². The first kappa shape index (κ1) is 21.0. The molecule has 0 unspecified atom stereocenters. The smallest absolute Gasteiger partial charge is 0.308 e. The summed E-state index contributed by atoms with van der Waals surface area (Å²) in [6.45, 7) is 2.52. The minimum absolute atomic E-state index is 0.293. The van der Waals surface area contributed by atoms with Gasteiger partial charge in [-0.05, 0) is 35.4 Å². The fraction of sp³-hybridized carbons (Fsp3) is 0.273. The molecule has 0 aromatic heterocycles. The van der Waals surface area contributed by atoms with Crippen LogP contribution in [0.25, 0.3) is 0 Å². The van der Waals surface area contributed by atoms with Crippen LogP contribution in [0.4, 0.5) is 0 Å². The molecule has 1 aliphatic rings. The van der Waals surface area contributed by atoms with Crippen LogP contribution in [0.5, 0.6) is 11.5 Å². The molecule has 0 heterocycles. The van der Waals surface area contributed by atoms with Crippen molar-refractivity contribution < 1.29 is 38.9 Å². The van der Waals surface area contributed by atoms with Crippen molar-refractivity contribution in [1.29, 1.82) is 0 Å². The number of hydrogen-bond donors (Lipinski definition) is 2. The largest absolute Gasteiger partial charge is 0.481 e. The number of aliphatic carboxylic acids is 2. The van der Waals surface area contributed by atoms with Crippen molar-refractivity contribution in [2.45, 2.75) is 25.7 Å². The quantitative estimate of drug-likeness (QED) is 0.548. The van der Waals surface area contributed by atoms with Gasteiger partial charge in [-0.2, -0.15) is 0 Å². The van der Waals surface area contributed by atoms with E-state index in [2.05, 4.69) is 0 Å². The van der Waals surface area contributed by atoms with E-state index in [1.807, 2.05) is 0 Å². The van der Waals surface area contributed by atoms with Crippen LogP contribution in [-0.2, 0) is 19.2 Å². The maximum atomic E-state index is 12.0. The molecular weight excluding hydrogens is 392 g/mol. The molecule has 30 heavy (non-hydrogen) atoms. The molecule has 0 atom stereocenters. The molecule has 1 fully saturated rings. The summed E-state index contributed by atoms with van der Waals surface area (Å²) in [4.78, 5) is 46.1. The first-order valence-electron chi connectivity index (χ1n) is 9.21. The number of carbonyl (C=O) groups is 4. The molecule has 8 heteroatoms. The Morgan fingerprint density at radius 2 is 0.933 bits per heavy atom. The Bertz CT molecular complexity index is 888. The van der Waals surface area contributed by atoms with Crippen LogP contribution in [0.15, 0.2) is 48.5 Å². The monoisotopic (exact) mass is 412 g/mol. The summed E-state index contributed by atoms with van der Waals surface area (Å²) in [6, 6.07) is 12.4. The zero-order valence-corrected chi connectivity index (χ0v) is 16.3. The van der Waals surface area contributed by atoms with Crippen LogP contribution in [0, 0.1) is 11.8 Å². The van der Waals surface area contributed by atoms with Crippen molar-refractivity contribution in [1.82, 2.24) is 0 Å². The van der Waals surface area contributed by atoms with Crippen LogP contribution in [0.2, 0.25) is 0 Å². The van der Waals surface area contributed by atoms with Gasteiger partial charge in [0.1, 0.15) is 11.5 Å². The number of carboxylic acids is 2. The third-order valence-electron chi connectivity index (χ3n) is 5.17. The Morgan fingerprint density at radius 1 is 0.633 bits per heavy atom. The van der Waals surface area contributed by atoms with Gasteiger partial charge in [-0.15, -0.1) is 0 Å². The Morgan fingerprint density at radius 3 is 1.17 bits per heavy atom. The molecule has 0 spiro atoms. The molecular formula is C22H20O8. The zero-order chi connectivity index (χ0) is 22.0. The van der Waals surface area contributed by atoms with Crippen molar-refractivity contribution in [3.8, 4) is 11.5 Å². The van der Waals surface area contributed by atoms with Gasteiger partial charge in [0, 0.05) is 25.7 Å². The van der Waals surface area contributed by atoms with E-state index < -0.39 is 47.5 Å². The molecule has 2 aromatic carbocycles. The summed E-state index contributed by atoms with van der Waals surface area (Å²) in [5, 5.41) is 19.6. The molecule has 0 bridgehead atoms. The summed E-state index contributed by atoms with van der Waals surface area (Å²) in [7, 11) is 0. The van der Waals surface area contributed by atoms with Crippen LogP contribution in [-0.4, -0.2) is 34.1 Å². The highest BCUT2D eigenvalue weighted by Gasteiger charge is 2.58. The van der Waals surface area contributed by atoms with Crippen molar-refractivity contribution >= 4 is 23.9 Å². The average molecular weight is 412 g/mol. The molecule has 0 aliphatic heterocycles. The lowest BCUT2D eigenvalue weighted by Gasteiger charge is -2.48. The van der Waals surface area contributed by atoms with Gasteiger partial charge in [0.2, 0.25) is 0 Å². The summed E-state index contributed by atoms with van der Waals surface area (Å²) in [6.07, 6.45) is 0. The highest BCUT2D eigenvalue weighted by Crippen LogP contribution is 2.57. The van der Waals surface area contributed by atoms with Gasteiger partial charge in [0.15, 0.2) is 0 Å². The van der Waals surface area contributed by atoms with E-state index in [-0.39, 0.29) is 0 Å². The molecule has 2 N–H and O–H groups in total. The third-order valence-corrected chi connectivity index (χ3v) is 5.17. The average Bonchev–Trinajstić information content (AvgIpc) is 2.62. The first-order chi connectivity index (χ1) is 14.2. The van der Waals surface area contributed by atoms with Gasteiger partial charge in [-0.25, -0.2) is 0 Å². The topological polar surface area (TPSA) is 127 Å². The number of esters is 2. The molecule has 156 valence electrons. The predicted molar refractivity (Wildman–Crippen MR) is 103 cm³/mol. The van der Waals surface area contributed by atoms with E-state index in [1.165, 1.54) is 38.1 Å². The SMILES string of the molecule is CC(=O)Oc1ccc(C2C(C(=O)O)C(c3ccc(OC(C)=O)cc3)C2C(=O)O)cc1. The van der Waals surface area contributed by atoms with E-state index in [1.54, 1.807) is 24.3 Å². The van der Waals surface area contributed by atoms with E-state index in [9.17, 15) is 29.4 Å². The van der Waals surface area contributed by atoms with Crippen molar-refractivity contribution in [2.75, 3.05) is 0 Å². The Balaban J connectivity index is 1.92. The second kappa shape index (κ2) is 8.36. The normalized spacial score (nSPS) is 22.5. The van der Waals surface area contributed by atoms with Gasteiger partial charge in [0.25, 0.3) is 0 Å². The Kier molecular flexibility index (Phi) is 5.86. The standard InChI is InChI=1S/C22H20O8/c1-11(23)29-15-7-3-13(4-8-15)17-19(21(25)26)18(20(17)22(27)28)14-5-9-16(10-6-14)30-12(2)24/h3-10,17-20H,1-2H3,(H,25,26)(H,27,28). The highest BCUT2D eigenvalue weighted by atomic mass is 16.5. The minimum atomic E-state index is -1.10. The maximum Gasteiger partial charge on any atom is 0.308 e. The van der Waals surface area contributed by atoms with E-state index in [0.29, 0.717) is 22.6 Å². The van der Waals surface area contributed by atoms with E-state index in [4.69, 9.17) is 9.47 Å². The molecule has 8 nitrogen and oxygen atoms in total.